The third-order valence-electron chi connectivity index (χ3n) is 5.88. The highest BCUT2D eigenvalue weighted by Crippen LogP contribution is 2.39. The van der Waals surface area contributed by atoms with Crippen molar-refractivity contribution in [3.05, 3.63) is 64.7 Å². The Morgan fingerprint density at radius 3 is 2.40 bits per heavy atom. The number of ether oxygens (including phenoxy) is 2. The van der Waals surface area contributed by atoms with Crippen molar-refractivity contribution in [2.45, 2.75) is 5.92 Å². The van der Waals surface area contributed by atoms with Crippen LogP contribution in [0.2, 0.25) is 5.02 Å². The van der Waals surface area contributed by atoms with Crippen LogP contribution in [0.5, 0.6) is 5.75 Å². The standard InChI is InChI=1S/C23H25ClN2O4/c1-29-21-5-3-2-4-18(21)19-14-26(22(27)16-6-8-17(24)9-7-16)15-20(19)23(28)25-10-12-30-13-11-25/h2-9,19-20H,10-15H2,1H3/t19-,20+/m1/s1. The van der Waals surface area contributed by atoms with Crippen molar-refractivity contribution in [2.24, 2.45) is 5.92 Å². The van der Waals surface area contributed by atoms with E-state index in [0.717, 1.165) is 11.3 Å². The highest BCUT2D eigenvalue weighted by molar-refractivity contribution is 6.30. The number of para-hydroxylation sites is 1. The molecule has 0 saturated carbocycles. The first kappa shape index (κ1) is 20.7. The first-order valence-electron chi connectivity index (χ1n) is 10.1. The summed E-state index contributed by atoms with van der Waals surface area (Å²) < 4.78 is 11.0. The summed E-state index contributed by atoms with van der Waals surface area (Å²) in [4.78, 5) is 30.2. The maximum absolute atomic E-state index is 13.4. The van der Waals surface area contributed by atoms with Crippen molar-refractivity contribution < 1.29 is 19.1 Å². The lowest BCUT2D eigenvalue weighted by Crippen LogP contribution is -2.45. The summed E-state index contributed by atoms with van der Waals surface area (Å²) in [6, 6.07) is 14.6. The van der Waals surface area contributed by atoms with Crippen LogP contribution in [0.25, 0.3) is 0 Å². The number of hydrogen-bond acceptors (Lipinski definition) is 4. The van der Waals surface area contributed by atoms with E-state index in [0.29, 0.717) is 50.0 Å². The molecule has 2 aromatic rings. The first-order chi connectivity index (χ1) is 14.6. The van der Waals surface area contributed by atoms with Gasteiger partial charge in [-0.05, 0) is 35.9 Å². The molecular weight excluding hydrogens is 404 g/mol. The van der Waals surface area contributed by atoms with Gasteiger partial charge in [0.25, 0.3) is 5.91 Å². The van der Waals surface area contributed by atoms with Crippen LogP contribution in [0.4, 0.5) is 0 Å². The number of morpholine rings is 1. The van der Waals surface area contributed by atoms with Crippen LogP contribution < -0.4 is 4.74 Å². The van der Waals surface area contributed by atoms with E-state index in [2.05, 4.69) is 0 Å². The molecule has 2 aliphatic rings. The third-order valence-corrected chi connectivity index (χ3v) is 6.13. The predicted molar refractivity (Wildman–Crippen MR) is 114 cm³/mol. The molecule has 2 atom stereocenters. The van der Waals surface area contributed by atoms with Gasteiger partial charge in [0.15, 0.2) is 0 Å². The molecule has 0 radical (unpaired) electrons. The van der Waals surface area contributed by atoms with Crippen LogP contribution in [0.15, 0.2) is 48.5 Å². The minimum atomic E-state index is -0.323. The number of amides is 2. The molecule has 6 nitrogen and oxygen atoms in total. The van der Waals surface area contributed by atoms with Crippen molar-refractivity contribution in [3.63, 3.8) is 0 Å². The number of carbonyl (C=O) groups excluding carboxylic acids is 2. The third kappa shape index (κ3) is 4.16. The van der Waals surface area contributed by atoms with Crippen molar-refractivity contribution in [1.82, 2.24) is 9.80 Å². The van der Waals surface area contributed by atoms with Crippen LogP contribution >= 0.6 is 11.6 Å². The van der Waals surface area contributed by atoms with Crippen LogP contribution in [-0.4, -0.2) is 68.1 Å². The molecule has 7 heteroatoms. The summed E-state index contributed by atoms with van der Waals surface area (Å²) in [7, 11) is 1.63. The van der Waals surface area contributed by atoms with Crippen molar-refractivity contribution in [2.75, 3.05) is 46.5 Å². The number of benzene rings is 2. The van der Waals surface area contributed by atoms with Gasteiger partial charge in [0, 0.05) is 42.7 Å². The van der Waals surface area contributed by atoms with Gasteiger partial charge in [-0.1, -0.05) is 29.8 Å². The molecule has 4 rings (SSSR count). The second-order valence-corrected chi connectivity index (χ2v) is 8.05. The Balaban J connectivity index is 1.63. The summed E-state index contributed by atoms with van der Waals surface area (Å²) in [6.45, 7) is 3.09. The van der Waals surface area contributed by atoms with E-state index in [1.54, 1.807) is 36.3 Å². The fraction of sp³-hybridized carbons (Fsp3) is 0.391. The Kier molecular flexibility index (Phi) is 6.25. The number of halogens is 1. The van der Waals surface area contributed by atoms with Gasteiger partial charge in [0.05, 0.1) is 26.2 Å². The predicted octanol–water partition coefficient (Wildman–Crippen LogP) is 3.06. The van der Waals surface area contributed by atoms with E-state index in [1.165, 1.54) is 0 Å². The number of carbonyl (C=O) groups is 2. The Hall–Kier alpha value is -2.57. The van der Waals surface area contributed by atoms with Gasteiger partial charge >= 0.3 is 0 Å². The molecule has 2 amide bonds. The number of likely N-dealkylation sites (tertiary alicyclic amines) is 1. The Morgan fingerprint density at radius 2 is 1.70 bits per heavy atom. The molecule has 0 spiro atoms. The lowest BCUT2D eigenvalue weighted by Gasteiger charge is -2.31. The van der Waals surface area contributed by atoms with Gasteiger partial charge < -0.3 is 19.3 Å². The average molecular weight is 429 g/mol. The second-order valence-electron chi connectivity index (χ2n) is 7.61. The Labute approximate surface area is 181 Å². The van der Waals surface area contributed by atoms with E-state index in [4.69, 9.17) is 21.1 Å². The zero-order chi connectivity index (χ0) is 21.1. The lowest BCUT2D eigenvalue weighted by molar-refractivity contribution is -0.139. The summed E-state index contributed by atoms with van der Waals surface area (Å²) in [5, 5.41) is 0.584. The van der Waals surface area contributed by atoms with Crippen LogP contribution in [-0.2, 0) is 9.53 Å². The first-order valence-corrected chi connectivity index (χ1v) is 10.5. The van der Waals surface area contributed by atoms with E-state index in [-0.39, 0.29) is 23.7 Å². The van der Waals surface area contributed by atoms with Gasteiger partial charge in [-0.15, -0.1) is 0 Å². The van der Waals surface area contributed by atoms with E-state index in [9.17, 15) is 9.59 Å². The molecule has 2 aliphatic heterocycles. The number of rotatable bonds is 4. The quantitative estimate of drug-likeness (QED) is 0.751. The molecule has 2 aromatic carbocycles. The fourth-order valence-corrected chi connectivity index (χ4v) is 4.43. The molecule has 0 aromatic heterocycles. The molecule has 0 aliphatic carbocycles. The molecule has 2 saturated heterocycles. The number of nitrogens with zero attached hydrogens (tertiary/aromatic N) is 2. The molecule has 0 bridgehead atoms. The SMILES string of the molecule is COc1ccccc1[C@H]1CN(C(=O)c2ccc(Cl)cc2)C[C@@H]1C(=O)N1CCOCC1. The van der Waals surface area contributed by atoms with Crippen molar-refractivity contribution in [3.8, 4) is 5.75 Å². The van der Waals surface area contributed by atoms with Crippen molar-refractivity contribution in [1.29, 1.82) is 0 Å². The van der Waals surface area contributed by atoms with Gasteiger partial charge in [-0.3, -0.25) is 9.59 Å². The minimum absolute atomic E-state index is 0.0700. The molecule has 0 unspecified atom stereocenters. The van der Waals surface area contributed by atoms with Gasteiger partial charge in [0.2, 0.25) is 5.91 Å². The Morgan fingerprint density at radius 1 is 1.00 bits per heavy atom. The summed E-state index contributed by atoms with van der Waals surface area (Å²) in [6.07, 6.45) is 0. The Bertz CT molecular complexity index is 912. The van der Waals surface area contributed by atoms with E-state index < -0.39 is 0 Å². The molecule has 0 N–H and O–H groups in total. The largest absolute Gasteiger partial charge is 0.496 e. The maximum atomic E-state index is 13.4. The number of hydrogen-bond donors (Lipinski definition) is 0. The number of methoxy groups -OCH3 is 1. The molecular formula is C23H25ClN2O4. The topological polar surface area (TPSA) is 59.1 Å². The summed E-state index contributed by atoms with van der Waals surface area (Å²) in [5.41, 5.74) is 1.52. The summed E-state index contributed by atoms with van der Waals surface area (Å²) in [5.74, 6) is 0.260. The van der Waals surface area contributed by atoms with Gasteiger partial charge in [-0.2, -0.15) is 0 Å². The molecule has 30 heavy (non-hydrogen) atoms. The van der Waals surface area contributed by atoms with E-state index >= 15 is 0 Å². The molecule has 158 valence electrons. The zero-order valence-electron chi connectivity index (χ0n) is 16.9. The molecule has 2 heterocycles. The lowest BCUT2D eigenvalue weighted by atomic mass is 9.87. The fourth-order valence-electron chi connectivity index (χ4n) is 4.30. The normalized spacial score (nSPS) is 21.5. The second kappa shape index (κ2) is 9.06. The van der Waals surface area contributed by atoms with Crippen molar-refractivity contribution >= 4 is 23.4 Å². The van der Waals surface area contributed by atoms with Crippen LogP contribution in [0.3, 0.4) is 0 Å². The monoisotopic (exact) mass is 428 g/mol. The zero-order valence-corrected chi connectivity index (χ0v) is 17.7. The van der Waals surface area contributed by atoms with E-state index in [1.807, 2.05) is 29.2 Å². The van der Waals surface area contributed by atoms with Gasteiger partial charge in [-0.25, -0.2) is 0 Å². The van der Waals surface area contributed by atoms with Crippen LogP contribution in [0.1, 0.15) is 21.8 Å². The average Bonchev–Trinajstić information content (AvgIpc) is 3.24. The van der Waals surface area contributed by atoms with Gasteiger partial charge in [0.1, 0.15) is 5.75 Å². The summed E-state index contributed by atoms with van der Waals surface area (Å²) >= 11 is 5.96. The highest BCUT2D eigenvalue weighted by atomic mass is 35.5. The molecule has 2 fully saturated rings. The smallest absolute Gasteiger partial charge is 0.253 e. The van der Waals surface area contributed by atoms with Crippen LogP contribution in [0, 0.1) is 5.92 Å². The maximum Gasteiger partial charge on any atom is 0.253 e. The minimum Gasteiger partial charge on any atom is -0.496 e. The highest BCUT2D eigenvalue weighted by Gasteiger charge is 2.43.